The highest BCUT2D eigenvalue weighted by Crippen LogP contribution is 2.11. The summed E-state index contributed by atoms with van der Waals surface area (Å²) < 4.78 is 5.22. The number of ether oxygens (including phenoxy) is 1. The largest absolute Gasteiger partial charge is 0.497 e. The molecule has 0 spiro atoms. The van der Waals surface area contributed by atoms with Crippen molar-refractivity contribution < 1.29 is 9.53 Å². The number of nitrogens with zero attached hydrogens (tertiary/aromatic N) is 1. The second-order valence-corrected chi connectivity index (χ2v) is 5.72. The van der Waals surface area contributed by atoms with Gasteiger partial charge in [-0.1, -0.05) is 42.5 Å². The molecule has 0 atom stereocenters. The molecule has 3 N–H and O–H groups in total. The number of rotatable bonds is 8. The Bertz CT molecular complexity index is 717. The van der Waals surface area contributed by atoms with Crippen LogP contribution in [-0.4, -0.2) is 32.6 Å². The summed E-state index contributed by atoms with van der Waals surface area (Å²) in [6.07, 6.45) is 0.382. The van der Waals surface area contributed by atoms with E-state index in [9.17, 15) is 4.79 Å². The molecular weight excluding hydrogens is 328 g/mol. The van der Waals surface area contributed by atoms with Crippen LogP contribution in [-0.2, 0) is 17.9 Å². The molecule has 0 fully saturated rings. The first-order chi connectivity index (χ1) is 12.7. The lowest BCUT2D eigenvalue weighted by atomic mass is 10.2. The molecule has 0 aliphatic carbocycles. The van der Waals surface area contributed by atoms with Gasteiger partial charge in [0.15, 0.2) is 5.96 Å². The molecule has 0 aromatic heterocycles. The number of benzene rings is 2. The van der Waals surface area contributed by atoms with Gasteiger partial charge in [-0.3, -0.25) is 9.79 Å². The summed E-state index contributed by atoms with van der Waals surface area (Å²) in [7, 11) is 3.35. The average Bonchev–Trinajstić information content (AvgIpc) is 2.70. The lowest BCUT2D eigenvalue weighted by Crippen LogP contribution is -2.38. The maximum absolute atomic E-state index is 11.9. The molecule has 0 bridgehead atoms. The lowest BCUT2D eigenvalue weighted by molar-refractivity contribution is -0.121. The van der Waals surface area contributed by atoms with Gasteiger partial charge in [-0.05, 0) is 23.3 Å². The SMILES string of the molecule is CN=C(NCCC(=O)NCc1ccccc1)NCc1cccc(OC)c1. The van der Waals surface area contributed by atoms with Gasteiger partial charge in [-0.25, -0.2) is 0 Å². The zero-order valence-electron chi connectivity index (χ0n) is 15.3. The number of nitrogens with one attached hydrogen (secondary N) is 3. The molecule has 138 valence electrons. The van der Waals surface area contributed by atoms with Crippen LogP contribution in [0.15, 0.2) is 59.6 Å². The van der Waals surface area contributed by atoms with Crippen LogP contribution < -0.4 is 20.7 Å². The third-order valence-corrected chi connectivity index (χ3v) is 3.79. The number of hydrogen-bond acceptors (Lipinski definition) is 3. The molecule has 2 rings (SSSR count). The Morgan fingerprint density at radius 1 is 0.962 bits per heavy atom. The highest BCUT2D eigenvalue weighted by molar-refractivity contribution is 5.81. The number of carbonyl (C=O) groups excluding carboxylic acids is 1. The van der Waals surface area contributed by atoms with Crippen molar-refractivity contribution in [1.29, 1.82) is 0 Å². The van der Waals surface area contributed by atoms with E-state index in [0.29, 0.717) is 32.0 Å². The van der Waals surface area contributed by atoms with E-state index in [0.717, 1.165) is 16.9 Å². The molecule has 6 heteroatoms. The molecule has 2 aromatic rings. The van der Waals surface area contributed by atoms with Crippen molar-refractivity contribution in [3.05, 3.63) is 65.7 Å². The highest BCUT2D eigenvalue weighted by Gasteiger charge is 2.03. The normalized spacial score (nSPS) is 10.9. The number of methoxy groups -OCH3 is 1. The fourth-order valence-electron chi connectivity index (χ4n) is 2.37. The molecule has 0 unspecified atom stereocenters. The number of amides is 1. The van der Waals surface area contributed by atoms with Crippen molar-refractivity contribution >= 4 is 11.9 Å². The van der Waals surface area contributed by atoms with E-state index in [1.54, 1.807) is 14.2 Å². The summed E-state index contributed by atoms with van der Waals surface area (Å²) in [4.78, 5) is 16.1. The van der Waals surface area contributed by atoms with E-state index in [1.165, 1.54) is 0 Å². The molecule has 0 radical (unpaired) electrons. The first kappa shape index (κ1) is 19.3. The second-order valence-electron chi connectivity index (χ2n) is 5.72. The smallest absolute Gasteiger partial charge is 0.222 e. The minimum atomic E-state index is 0.00426. The van der Waals surface area contributed by atoms with Crippen molar-refractivity contribution in [2.45, 2.75) is 19.5 Å². The van der Waals surface area contributed by atoms with Gasteiger partial charge in [-0.2, -0.15) is 0 Å². The van der Waals surface area contributed by atoms with Crippen LogP contribution >= 0.6 is 0 Å². The van der Waals surface area contributed by atoms with Crippen LogP contribution in [0.3, 0.4) is 0 Å². The van der Waals surface area contributed by atoms with E-state index in [4.69, 9.17) is 4.74 Å². The molecule has 26 heavy (non-hydrogen) atoms. The summed E-state index contributed by atoms with van der Waals surface area (Å²) in [6, 6.07) is 17.7. The fourth-order valence-corrected chi connectivity index (χ4v) is 2.37. The predicted molar refractivity (Wildman–Crippen MR) is 104 cm³/mol. The van der Waals surface area contributed by atoms with Gasteiger partial charge in [0, 0.05) is 33.1 Å². The Hall–Kier alpha value is -3.02. The number of aliphatic imine (C=N–C) groups is 1. The zero-order chi connectivity index (χ0) is 18.6. The standard InChI is InChI=1S/C20H26N4O2/c1-21-20(24-15-17-9-6-10-18(13-17)26-2)22-12-11-19(25)23-14-16-7-4-3-5-8-16/h3-10,13H,11-12,14-15H2,1-2H3,(H,23,25)(H2,21,22,24). The van der Waals surface area contributed by atoms with Crippen molar-refractivity contribution in [3.63, 3.8) is 0 Å². The zero-order valence-corrected chi connectivity index (χ0v) is 15.3. The highest BCUT2D eigenvalue weighted by atomic mass is 16.5. The first-order valence-electron chi connectivity index (χ1n) is 8.59. The van der Waals surface area contributed by atoms with Crippen molar-refractivity contribution in [1.82, 2.24) is 16.0 Å². The predicted octanol–water partition coefficient (Wildman–Crippen LogP) is 2.07. The molecule has 0 saturated carbocycles. The maximum Gasteiger partial charge on any atom is 0.222 e. The quantitative estimate of drug-likeness (QED) is 0.501. The van der Waals surface area contributed by atoms with E-state index in [1.807, 2.05) is 54.6 Å². The molecule has 2 aromatic carbocycles. The molecule has 0 aliphatic rings. The Kier molecular flexibility index (Phi) is 7.99. The van der Waals surface area contributed by atoms with Gasteiger partial charge in [0.1, 0.15) is 5.75 Å². The maximum atomic E-state index is 11.9. The summed E-state index contributed by atoms with van der Waals surface area (Å²) in [5, 5.41) is 9.27. The van der Waals surface area contributed by atoms with Gasteiger partial charge in [0.2, 0.25) is 5.91 Å². The molecule has 6 nitrogen and oxygen atoms in total. The summed E-state index contributed by atoms with van der Waals surface area (Å²) in [6.45, 7) is 1.68. The van der Waals surface area contributed by atoms with Gasteiger partial charge in [-0.15, -0.1) is 0 Å². The monoisotopic (exact) mass is 354 g/mol. The molecular formula is C20H26N4O2. The van der Waals surface area contributed by atoms with Gasteiger partial charge in [0.05, 0.1) is 7.11 Å². The van der Waals surface area contributed by atoms with Gasteiger partial charge >= 0.3 is 0 Å². The van der Waals surface area contributed by atoms with Crippen molar-refractivity contribution in [2.24, 2.45) is 4.99 Å². The number of hydrogen-bond donors (Lipinski definition) is 3. The Morgan fingerprint density at radius 2 is 1.69 bits per heavy atom. The van der Waals surface area contributed by atoms with Gasteiger partial charge in [0.25, 0.3) is 0 Å². The molecule has 1 amide bonds. The topological polar surface area (TPSA) is 74.8 Å². The summed E-state index contributed by atoms with van der Waals surface area (Å²) in [5.74, 6) is 1.48. The Morgan fingerprint density at radius 3 is 2.42 bits per heavy atom. The third kappa shape index (κ3) is 6.84. The second kappa shape index (κ2) is 10.8. The minimum absolute atomic E-state index is 0.00426. The number of guanidine groups is 1. The van der Waals surface area contributed by atoms with Crippen molar-refractivity contribution in [2.75, 3.05) is 20.7 Å². The molecule has 0 saturated heterocycles. The lowest BCUT2D eigenvalue weighted by Gasteiger charge is -2.12. The Balaban J connectivity index is 1.67. The van der Waals surface area contributed by atoms with E-state index in [-0.39, 0.29) is 5.91 Å². The average molecular weight is 354 g/mol. The molecule has 0 heterocycles. The number of carbonyl (C=O) groups is 1. The van der Waals surface area contributed by atoms with Crippen LogP contribution in [0.5, 0.6) is 5.75 Å². The summed E-state index contributed by atoms with van der Waals surface area (Å²) in [5.41, 5.74) is 2.18. The van der Waals surface area contributed by atoms with Crippen LogP contribution in [0.25, 0.3) is 0 Å². The van der Waals surface area contributed by atoms with Crippen LogP contribution in [0.4, 0.5) is 0 Å². The Labute approximate surface area is 154 Å². The van der Waals surface area contributed by atoms with E-state index in [2.05, 4.69) is 20.9 Å². The van der Waals surface area contributed by atoms with E-state index < -0.39 is 0 Å². The van der Waals surface area contributed by atoms with Crippen LogP contribution in [0.2, 0.25) is 0 Å². The van der Waals surface area contributed by atoms with Crippen LogP contribution in [0, 0.1) is 0 Å². The van der Waals surface area contributed by atoms with Gasteiger partial charge < -0.3 is 20.7 Å². The minimum Gasteiger partial charge on any atom is -0.497 e. The van der Waals surface area contributed by atoms with E-state index >= 15 is 0 Å². The van der Waals surface area contributed by atoms with Crippen molar-refractivity contribution in [3.8, 4) is 5.75 Å². The van der Waals surface area contributed by atoms with Crippen LogP contribution in [0.1, 0.15) is 17.5 Å². The summed E-state index contributed by atoms with van der Waals surface area (Å²) >= 11 is 0. The third-order valence-electron chi connectivity index (χ3n) is 3.79. The molecule has 0 aliphatic heterocycles. The first-order valence-corrected chi connectivity index (χ1v) is 8.59. The fraction of sp³-hybridized carbons (Fsp3) is 0.300.